The molecule has 5 aliphatic rings. The molecule has 0 aromatic heterocycles. The summed E-state index contributed by atoms with van der Waals surface area (Å²) in [6.45, 7) is 5.01. The van der Waals surface area contributed by atoms with Crippen molar-refractivity contribution < 1.29 is 36.2 Å². The van der Waals surface area contributed by atoms with Gasteiger partial charge in [0.1, 0.15) is 11.4 Å². The maximum atomic E-state index is 13.6. The zero-order valence-corrected chi connectivity index (χ0v) is 29.5. The number of rotatable bonds is 4. The largest absolute Gasteiger partial charge is 0.490 e. The van der Waals surface area contributed by atoms with Crippen molar-refractivity contribution in [1.29, 1.82) is 0 Å². The molecule has 3 aliphatic heterocycles. The summed E-state index contributed by atoms with van der Waals surface area (Å²) in [4.78, 5) is 17.1. The van der Waals surface area contributed by atoms with Crippen molar-refractivity contribution in [2.24, 2.45) is 11.8 Å². The highest BCUT2D eigenvalue weighted by Crippen LogP contribution is 2.47. The van der Waals surface area contributed by atoms with Crippen LogP contribution in [0, 0.1) is 11.8 Å². The quantitative estimate of drug-likeness (QED) is 0.423. The molecule has 1 saturated heterocycles. The van der Waals surface area contributed by atoms with E-state index in [-0.39, 0.29) is 47.9 Å². The number of halogens is 3. The number of sulfonamides is 1. The number of ether oxygens (including phenoxy) is 3. The Morgan fingerprint density at radius 3 is 2.67 bits per heavy atom. The van der Waals surface area contributed by atoms with Crippen molar-refractivity contribution in [3.8, 4) is 5.75 Å². The third-order valence-corrected chi connectivity index (χ3v) is 12.5. The fraction of sp³-hybridized carbons (Fsp3) is 0.583. The summed E-state index contributed by atoms with van der Waals surface area (Å²) >= 11 is 6.42. The van der Waals surface area contributed by atoms with Crippen molar-refractivity contribution >= 4 is 33.2 Å². The molecule has 2 aliphatic carbocycles. The molecule has 3 heterocycles. The Hall–Kier alpha value is -2.77. The van der Waals surface area contributed by atoms with E-state index < -0.39 is 27.5 Å². The Bertz CT molecular complexity index is 1730. The SMILES string of the molecule is CC1(C)OCC=C[C@H](OCCN2CC(F)(F)C2)[C@@H]2CC[C@H]2CN2C[C@@]3(CCCc4cc(Cl)ccc43)COc3ccc(cc32)S(=O)(=O)NC1=O. The van der Waals surface area contributed by atoms with Gasteiger partial charge in [0.15, 0.2) is 0 Å². The van der Waals surface area contributed by atoms with Crippen molar-refractivity contribution in [1.82, 2.24) is 9.62 Å². The van der Waals surface area contributed by atoms with Crippen LogP contribution in [-0.4, -0.2) is 89.4 Å². The molecule has 1 spiro atoms. The van der Waals surface area contributed by atoms with Crippen LogP contribution in [-0.2, 0) is 36.1 Å². The molecule has 7 rings (SSSR count). The number of aryl methyl sites for hydroxylation is 1. The highest BCUT2D eigenvalue weighted by atomic mass is 35.5. The molecule has 2 bridgehead atoms. The predicted octanol–water partition coefficient (Wildman–Crippen LogP) is 5.35. The van der Waals surface area contributed by atoms with Gasteiger partial charge in [-0.2, -0.15) is 0 Å². The second-order valence-corrected chi connectivity index (χ2v) is 16.9. The van der Waals surface area contributed by atoms with E-state index in [2.05, 4.69) is 15.7 Å². The molecule has 0 radical (unpaired) electrons. The fourth-order valence-corrected chi connectivity index (χ4v) is 9.34. The number of hydrogen-bond donors (Lipinski definition) is 1. The number of nitrogens with one attached hydrogen (secondary N) is 1. The maximum Gasteiger partial charge on any atom is 0.272 e. The van der Waals surface area contributed by atoms with Gasteiger partial charge in [-0.1, -0.05) is 29.8 Å². The summed E-state index contributed by atoms with van der Waals surface area (Å²) < 4.78 is 75.1. The molecule has 266 valence electrons. The number of benzene rings is 2. The maximum absolute atomic E-state index is 13.6. The molecular formula is C36H44ClF2N3O6S. The molecule has 1 amide bonds. The summed E-state index contributed by atoms with van der Waals surface area (Å²) in [5, 5.41) is 0.698. The number of alkyl halides is 2. The van der Waals surface area contributed by atoms with Gasteiger partial charge < -0.3 is 19.1 Å². The zero-order chi connectivity index (χ0) is 34.6. The zero-order valence-electron chi connectivity index (χ0n) is 27.9. The molecule has 2 aromatic carbocycles. The third-order valence-electron chi connectivity index (χ3n) is 10.9. The Morgan fingerprint density at radius 1 is 1.10 bits per heavy atom. The molecule has 9 nitrogen and oxygen atoms in total. The van der Waals surface area contributed by atoms with Crippen molar-refractivity contribution in [2.75, 3.05) is 57.4 Å². The van der Waals surface area contributed by atoms with Crippen LogP contribution in [0.2, 0.25) is 5.02 Å². The van der Waals surface area contributed by atoms with E-state index in [9.17, 15) is 22.0 Å². The van der Waals surface area contributed by atoms with Crippen molar-refractivity contribution in [2.45, 2.75) is 73.9 Å². The molecular weight excluding hydrogens is 676 g/mol. The molecule has 0 unspecified atom stereocenters. The highest BCUT2D eigenvalue weighted by Gasteiger charge is 2.46. The number of amides is 1. The topological polar surface area (TPSA) is 97.4 Å². The molecule has 1 N–H and O–H groups in total. The van der Waals surface area contributed by atoms with Gasteiger partial charge in [0.25, 0.3) is 21.9 Å². The van der Waals surface area contributed by atoms with E-state index >= 15 is 0 Å². The summed E-state index contributed by atoms with van der Waals surface area (Å²) in [7, 11) is -4.24. The summed E-state index contributed by atoms with van der Waals surface area (Å²) in [6, 6.07) is 10.8. The standard InChI is InChI=1S/C36H44ClF2N3O6S/c1-34(2)33(43)40-49(44,45)27-9-12-32-30(18-27)42(20-35(23-47-32)13-3-5-24-17-26(37)8-11-29(24)35)19-25-7-10-28(25)31(6-4-15-48-34)46-16-14-41-21-36(38,39)22-41/h4,6,8-9,11-12,17-18,25,28,31H,3,5,7,10,13-16,19-23H2,1-2H3,(H,40,43)/t25-,28+,31-,35-/m0/s1. The first-order chi connectivity index (χ1) is 23.2. The first-order valence-electron chi connectivity index (χ1n) is 17.1. The van der Waals surface area contributed by atoms with Gasteiger partial charge in [-0.3, -0.25) is 9.69 Å². The van der Waals surface area contributed by atoms with E-state index in [1.165, 1.54) is 31.0 Å². The van der Waals surface area contributed by atoms with E-state index in [4.69, 9.17) is 25.8 Å². The lowest BCUT2D eigenvalue weighted by Gasteiger charge is -2.46. The van der Waals surface area contributed by atoms with E-state index in [0.717, 1.165) is 32.1 Å². The van der Waals surface area contributed by atoms with E-state index in [0.29, 0.717) is 49.3 Å². The number of likely N-dealkylation sites (tertiary alicyclic amines) is 1. The van der Waals surface area contributed by atoms with Crippen LogP contribution in [0.5, 0.6) is 5.75 Å². The fourth-order valence-electron chi connectivity index (χ4n) is 8.02. The monoisotopic (exact) mass is 719 g/mol. The van der Waals surface area contributed by atoms with Crippen LogP contribution in [0.3, 0.4) is 0 Å². The lowest BCUT2D eigenvalue weighted by molar-refractivity contribution is -0.139. The second-order valence-electron chi connectivity index (χ2n) is 14.8. The van der Waals surface area contributed by atoms with E-state index in [1.54, 1.807) is 23.1 Å². The van der Waals surface area contributed by atoms with Crippen LogP contribution in [0.1, 0.15) is 50.7 Å². The lowest BCUT2D eigenvalue weighted by atomic mass is 9.68. The molecule has 13 heteroatoms. The van der Waals surface area contributed by atoms with Crippen molar-refractivity contribution in [3.05, 3.63) is 64.7 Å². The Morgan fingerprint density at radius 2 is 1.92 bits per heavy atom. The van der Waals surface area contributed by atoms with Crippen LogP contribution in [0.15, 0.2) is 53.4 Å². The number of fused-ring (bicyclic) bond motifs is 4. The average Bonchev–Trinajstić information content (AvgIpc) is 3.16. The van der Waals surface area contributed by atoms with Gasteiger partial charge in [0.05, 0.1) is 49.6 Å². The van der Waals surface area contributed by atoms with Gasteiger partial charge >= 0.3 is 0 Å². The van der Waals surface area contributed by atoms with Gasteiger partial charge in [-0.05, 0) is 99.2 Å². The molecule has 49 heavy (non-hydrogen) atoms. The Labute approximate surface area is 291 Å². The Balaban J connectivity index is 1.24. The Kier molecular flexibility index (Phi) is 9.26. The van der Waals surface area contributed by atoms with Gasteiger partial charge in [0.2, 0.25) is 0 Å². The first-order valence-corrected chi connectivity index (χ1v) is 19.0. The number of anilines is 1. The minimum atomic E-state index is -4.24. The lowest BCUT2D eigenvalue weighted by Crippen LogP contribution is -2.57. The van der Waals surface area contributed by atoms with Crippen LogP contribution < -0.4 is 14.4 Å². The predicted molar refractivity (Wildman–Crippen MR) is 182 cm³/mol. The number of nitrogens with zero attached hydrogens (tertiary/aromatic N) is 2. The number of carbonyl (C=O) groups excluding carboxylic acids is 1. The third kappa shape index (κ3) is 7.08. The average molecular weight is 720 g/mol. The summed E-state index contributed by atoms with van der Waals surface area (Å²) in [5.41, 5.74) is 1.28. The van der Waals surface area contributed by atoms with Gasteiger partial charge in [-0.15, -0.1) is 0 Å². The van der Waals surface area contributed by atoms with Crippen LogP contribution >= 0.6 is 11.6 Å². The molecule has 2 aromatic rings. The molecule has 2 fully saturated rings. The van der Waals surface area contributed by atoms with Crippen molar-refractivity contribution in [3.63, 3.8) is 0 Å². The smallest absolute Gasteiger partial charge is 0.272 e. The minimum absolute atomic E-state index is 0.0364. The van der Waals surface area contributed by atoms with Crippen LogP contribution in [0.4, 0.5) is 14.5 Å². The minimum Gasteiger partial charge on any atom is -0.490 e. The first kappa shape index (κ1) is 34.7. The van der Waals surface area contributed by atoms with Gasteiger partial charge in [0, 0.05) is 30.1 Å². The van der Waals surface area contributed by atoms with E-state index in [1.807, 2.05) is 18.2 Å². The normalized spacial score (nSPS) is 30.5. The number of carbonyl (C=O) groups is 1. The van der Waals surface area contributed by atoms with Gasteiger partial charge in [-0.25, -0.2) is 21.9 Å². The van der Waals surface area contributed by atoms with Crippen LogP contribution in [0.25, 0.3) is 0 Å². The second kappa shape index (κ2) is 13.1. The molecule has 4 atom stereocenters. The summed E-state index contributed by atoms with van der Waals surface area (Å²) in [5.74, 6) is -2.48. The molecule has 1 saturated carbocycles. The summed E-state index contributed by atoms with van der Waals surface area (Å²) in [6.07, 6.45) is 8.15. The highest BCUT2D eigenvalue weighted by molar-refractivity contribution is 7.90. The number of hydrogen-bond acceptors (Lipinski definition) is 8.